The van der Waals surface area contributed by atoms with Crippen molar-refractivity contribution in [3.8, 4) is 11.5 Å². The smallest absolute Gasteiger partial charge is 0.152 e. The number of anilines is 2. The second kappa shape index (κ2) is 7.02. The van der Waals surface area contributed by atoms with Gasteiger partial charge in [-0.05, 0) is 52.0 Å². The first-order chi connectivity index (χ1) is 10.1. The van der Waals surface area contributed by atoms with Crippen molar-refractivity contribution in [2.75, 3.05) is 10.6 Å². The Labute approximate surface area is 127 Å². The average molecular weight is 284 g/mol. The zero-order chi connectivity index (χ0) is 15.2. The lowest BCUT2D eigenvalue weighted by Gasteiger charge is -2.21. The second-order valence-corrected chi connectivity index (χ2v) is 5.69. The molecule has 3 nitrogen and oxygen atoms in total. The summed E-state index contributed by atoms with van der Waals surface area (Å²) >= 11 is 0. The zero-order valence-corrected chi connectivity index (χ0v) is 13.2. The molecule has 0 amide bonds. The van der Waals surface area contributed by atoms with E-state index >= 15 is 0 Å². The van der Waals surface area contributed by atoms with Crippen molar-refractivity contribution in [2.24, 2.45) is 0 Å². The van der Waals surface area contributed by atoms with Gasteiger partial charge in [0.15, 0.2) is 5.75 Å². The van der Waals surface area contributed by atoms with Gasteiger partial charge in [0.25, 0.3) is 0 Å². The van der Waals surface area contributed by atoms with Crippen LogP contribution in [0.25, 0.3) is 0 Å². The molecule has 0 atom stereocenters. The molecule has 0 radical (unpaired) electrons. The molecule has 0 spiro atoms. The minimum atomic E-state index is 0.332. The van der Waals surface area contributed by atoms with Crippen molar-refractivity contribution in [2.45, 2.75) is 39.8 Å². The highest BCUT2D eigenvalue weighted by Gasteiger charge is 2.12. The molecule has 112 valence electrons. The molecule has 3 heteroatoms. The van der Waals surface area contributed by atoms with Gasteiger partial charge in [-0.1, -0.05) is 24.3 Å². The maximum absolute atomic E-state index is 6.03. The number of rotatable bonds is 6. The average Bonchev–Trinajstić information content (AvgIpc) is 2.42. The molecule has 2 N–H and O–H groups in total. The van der Waals surface area contributed by atoms with Crippen LogP contribution in [0.5, 0.6) is 11.5 Å². The summed E-state index contributed by atoms with van der Waals surface area (Å²) in [5, 5.41) is 6.94. The highest BCUT2D eigenvalue weighted by molar-refractivity contribution is 5.76. The Bertz CT molecular complexity index is 565. The normalized spacial score (nSPS) is 10.8. The van der Waals surface area contributed by atoms with Crippen LogP contribution in [0.3, 0.4) is 0 Å². The van der Waals surface area contributed by atoms with E-state index < -0.39 is 0 Å². The fraction of sp³-hybridized carbons (Fsp3) is 0.333. The summed E-state index contributed by atoms with van der Waals surface area (Å²) in [6, 6.07) is 16.6. The van der Waals surface area contributed by atoms with Crippen LogP contribution in [-0.2, 0) is 0 Å². The summed E-state index contributed by atoms with van der Waals surface area (Å²) in [7, 11) is 0. The number of ether oxygens (including phenoxy) is 1. The fourth-order valence-electron chi connectivity index (χ4n) is 2.10. The molecule has 0 fully saturated rings. The van der Waals surface area contributed by atoms with Crippen molar-refractivity contribution in [1.29, 1.82) is 0 Å². The third kappa shape index (κ3) is 4.42. The Morgan fingerprint density at radius 3 is 2.05 bits per heavy atom. The van der Waals surface area contributed by atoms with Crippen LogP contribution in [0.15, 0.2) is 48.5 Å². The first-order valence-electron chi connectivity index (χ1n) is 7.45. The fourth-order valence-corrected chi connectivity index (χ4v) is 2.10. The molecule has 0 saturated carbocycles. The molecule has 0 bridgehead atoms. The summed E-state index contributed by atoms with van der Waals surface area (Å²) in [5.74, 6) is 1.67. The number of para-hydroxylation sites is 2. The van der Waals surface area contributed by atoms with Gasteiger partial charge in [-0.3, -0.25) is 0 Å². The monoisotopic (exact) mass is 284 g/mol. The maximum Gasteiger partial charge on any atom is 0.152 e. The van der Waals surface area contributed by atoms with Crippen LogP contribution in [-0.4, -0.2) is 12.1 Å². The van der Waals surface area contributed by atoms with Gasteiger partial charge in [-0.15, -0.1) is 0 Å². The van der Waals surface area contributed by atoms with Gasteiger partial charge in [0.2, 0.25) is 0 Å². The molecular formula is C18H24N2O. The molecule has 0 heterocycles. The van der Waals surface area contributed by atoms with E-state index in [1.807, 2.05) is 42.5 Å². The van der Waals surface area contributed by atoms with Crippen LogP contribution >= 0.6 is 0 Å². The topological polar surface area (TPSA) is 33.3 Å². The van der Waals surface area contributed by atoms with E-state index in [2.05, 4.69) is 44.4 Å². The molecule has 0 unspecified atom stereocenters. The maximum atomic E-state index is 6.03. The Morgan fingerprint density at radius 1 is 0.762 bits per heavy atom. The van der Waals surface area contributed by atoms with E-state index in [4.69, 9.17) is 4.74 Å². The van der Waals surface area contributed by atoms with Crippen molar-refractivity contribution < 1.29 is 4.74 Å². The number of nitrogens with one attached hydrogen (secondary N) is 2. The molecule has 2 aromatic rings. The lowest BCUT2D eigenvalue weighted by atomic mass is 10.2. The van der Waals surface area contributed by atoms with Crippen molar-refractivity contribution in [3.05, 3.63) is 48.5 Å². The third-order valence-corrected chi connectivity index (χ3v) is 2.87. The Balaban J connectivity index is 2.34. The minimum Gasteiger partial charge on any atom is -0.455 e. The molecule has 0 aliphatic heterocycles. The van der Waals surface area contributed by atoms with Crippen LogP contribution in [0, 0.1) is 0 Å². The van der Waals surface area contributed by atoms with Crippen LogP contribution in [0.4, 0.5) is 11.4 Å². The predicted octanol–water partition coefficient (Wildman–Crippen LogP) is 5.12. The van der Waals surface area contributed by atoms with Crippen LogP contribution < -0.4 is 15.4 Å². The Hall–Kier alpha value is -2.16. The number of hydrogen-bond donors (Lipinski definition) is 2. The summed E-state index contributed by atoms with van der Waals surface area (Å²) < 4.78 is 6.03. The standard InChI is InChI=1S/C18H24N2O/c1-13(2)19-16-11-8-12-17(18(16)20-14(3)4)21-15-9-6-5-7-10-15/h5-14,19-20H,1-4H3. The molecule has 2 rings (SSSR count). The SMILES string of the molecule is CC(C)Nc1cccc(Oc2ccccc2)c1NC(C)C. The van der Waals surface area contributed by atoms with Gasteiger partial charge in [0.1, 0.15) is 11.4 Å². The Morgan fingerprint density at radius 2 is 1.43 bits per heavy atom. The molecule has 0 aliphatic carbocycles. The minimum absolute atomic E-state index is 0.332. The predicted molar refractivity (Wildman–Crippen MR) is 90.5 cm³/mol. The summed E-state index contributed by atoms with van der Waals surface area (Å²) in [4.78, 5) is 0. The van der Waals surface area contributed by atoms with Crippen molar-refractivity contribution >= 4 is 11.4 Å². The molecular weight excluding hydrogens is 260 g/mol. The molecule has 0 saturated heterocycles. The lowest BCUT2D eigenvalue weighted by Crippen LogP contribution is -2.16. The molecule has 0 aromatic heterocycles. The van der Waals surface area contributed by atoms with Crippen LogP contribution in [0.1, 0.15) is 27.7 Å². The third-order valence-electron chi connectivity index (χ3n) is 2.87. The molecule has 21 heavy (non-hydrogen) atoms. The number of hydrogen-bond acceptors (Lipinski definition) is 3. The zero-order valence-electron chi connectivity index (χ0n) is 13.2. The van der Waals surface area contributed by atoms with E-state index in [0.29, 0.717) is 12.1 Å². The quantitative estimate of drug-likeness (QED) is 0.772. The first-order valence-corrected chi connectivity index (χ1v) is 7.45. The van der Waals surface area contributed by atoms with Gasteiger partial charge in [0.05, 0.1) is 5.69 Å². The Kier molecular flexibility index (Phi) is 5.09. The highest BCUT2D eigenvalue weighted by atomic mass is 16.5. The van der Waals surface area contributed by atoms with E-state index in [-0.39, 0.29) is 0 Å². The van der Waals surface area contributed by atoms with E-state index in [9.17, 15) is 0 Å². The van der Waals surface area contributed by atoms with Gasteiger partial charge >= 0.3 is 0 Å². The summed E-state index contributed by atoms with van der Waals surface area (Å²) in [5.41, 5.74) is 2.07. The van der Waals surface area contributed by atoms with Gasteiger partial charge in [-0.2, -0.15) is 0 Å². The van der Waals surface area contributed by atoms with Gasteiger partial charge in [0, 0.05) is 12.1 Å². The highest BCUT2D eigenvalue weighted by Crippen LogP contribution is 2.36. The molecule has 0 aliphatic rings. The van der Waals surface area contributed by atoms with Crippen molar-refractivity contribution in [3.63, 3.8) is 0 Å². The van der Waals surface area contributed by atoms with Crippen LogP contribution in [0.2, 0.25) is 0 Å². The first kappa shape index (κ1) is 15.2. The number of benzene rings is 2. The summed E-state index contributed by atoms with van der Waals surface area (Å²) in [6.45, 7) is 8.50. The van der Waals surface area contributed by atoms with E-state index in [1.54, 1.807) is 0 Å². The lowest BCUT2D eigenvalue weighted by molar-refractivity contribution is 0.484. The largest absolute Gasteiger partial charge is 0.455 e. The second-order valence-electron chi connectivity index (χ2n) is 5.69. The van der Waals surface area contributed by atoms with Gasteiger partial charge < -0.3 is 15.4 Å². The van der Waals surface area contributed by atoms with Crippen molar-refractivity contribution in [1.82, 2.24) is 0 Å². The van der Waals surface area contributed by atoms with E-state index in [0.717, 1.165) is 22.9 Å². The molecule has 2 aromatic carbocycles. The van der Waals surface area contributed by atoms with Gasteiger partial charge in [-0.25, -0.2) is 0 Å². The summed E-state index contributed by atoms with van der Waals surface area (Å²) in [6.07, 6.45) is 0. The van der Waals surface area contributed by atoms with E-state index in [1.165, 1.54) is 0 Å².